The summed E-state index contributed by atoms with van der Waals surface area (Å²) in [4.78, 5) is 21.1. The van der Waals surface area contributed by atoms with Crippen molar-refractivity contribution in [3.63, 3.8) is 0 Å². The van der Waals surface area contributed by atoms with Gasteiger partial charge in [0.25, 0.3) is 0 Å². The van der Waals surface area contributed by atoms with Crippen LogP contribution >= 0.6 is 0 Å². The number of carbonyl (C=O) groups is 1. The first kappa shape index (κ1) is 14.9. The van der Waals surface area contributed by atoms with Crippen LogP contribution in [0.3, 0.4) is 0 Å². The summed E-state index contributed by atoms with van der Waals surface area (Å²) in [5.74, 6) is 1.49. The van der Waals surface area contributed by atoms with Gasteiger partial charge in [0, 0.05) is 17.8 Å². The summed E-state index contributed by atoms with van der Waals surface area (Å²) in [5.41, 5.74) is 0.953. The van der Waals surface area contributed by atoms with E-state index in [2.05, 4.69) is 22.2 Å². The lowest BCUT2D eigenvalue weighted by atomic mass is 10.0. The molecule has 0 aromatic carbocycles. The van der Waals surface area contributed by atoms with E-state index >= 15 is 0 Å². The third kappa shape index (κ3) is 4.02. The Kier molecular flexibility index (Phi) is 5.10. The summed E-state index contributed by atoms with van der Waals surface area (Å²) in [7, 11) is 0. The largest absolute Gasteiger partial charge is 0.346 e. The first-order valence-electron chi connectivity index (χ1n) is 7.71. The van der Waals surface area contributed by atoms with E-state index in [-0.39, 0.29) is 17.9 Å². The number of unbranched alkanes of at least 4 members (excludes halogenated alkanes) is 1. The molecule has 1 aliphatic carbocycles. The van der Waals surface area contributed by atoms with Gasteiger partial charge in [0.05, 0.1) is 6.04 Å². The second-order valence-electron chi connectivity index (χ2n) is 5.92. The van der Waals surface area contributed by atoms with Gasteiger partial charge in [-0.1, -0.05) is 26.7 Å². The fourth-order valence-corrected chi connectivity index (χ4v) is 2.38. The van der Waals surface area contributed by atoms with E-state index in [1.807, 2.05) is 19.9 Å². The molecule has 0 saturated heterocycles. The Morgan fingerprint density at radius 1 is 1.50 bits per heavy atom. The minimum Gasteiger partial charge on any atom is -0.346 e. The fraction of sp³-hybridized carbons (Fsp3) is 0.688. The van der Waals surface area contributed by atoms with Crippen LogP contribution in [0.1, 0.15) is 63.5 Å². The van der Waals surface area contributed by atoms with E-state index in [0.717, 1.165) is 43.6 Å². The Morgan fingerprint density at radius 3 is 2.85 bits per heavy atom. The molecule has 1 heterocycles. The molecule has 1 saturated carbocycles. The maximum Gasteiger partial charge on any atom is 0.223 e. The number of hydrogen-bond donors (Lipinski definition) is 1. The maximum absolute atomic E-state index is 12.3. The van der Waals surface area contributed by atoms with Crippen molar-refractivity contribution >= 4 is 5.91 Å². The van der Waals surface area contributed by atoms with Gasteiger partial charge < -0.3 is 5.32 Å². The van der Waals surface area contributed by atoms with Crippen LogP contribution in [0.4, 0.5) is 0 Å². The van der Waals surface area contributed by atoms with Crippen molar-refractivity contribution in [2.45, 2.75) is 58.9 Å². The Labute approximate surface area is 121 Å². The highest BCUT2D eigenvalue weighted by Crippen LogP contribution is 2.40. The number of nitrogens with zero attached hydrogens (tertiary/aromatic N) is 2. The Bertz CT molecular complexity index is 457. The van der Waals surface area contributed by atoms with Gasteiger partial charge in [-0.25, -0.2) is 9.97 Å². The lowest BCUT2D eigenvalue weighted by Crippen LogP contribution is -2.35. The van der Waals surface area contributed by atoms with Crippen molar-refractivity contribution < 1.29 is 4.79 Å². The van der Waals surface area contributed by atoms with Crippen LogP contribution in [0, 0.1) is 18.8 Å². The number of aromatic nitrogens is 2. The normalized spacial score (nSPS) is 17.6. The van der Waals surface area contributed by atoms with Gasteiger partial charge in [0.2, 0.25) is 5.91 Å². The minimum atomic E-state index is -0.00789. The van der Waals surface area contributed by atoms with Gasteiger partial charge >= 0.3 is 0 Å². The summed E-state index contributed by atoms with van der Waals surface area (Å²) in [6.45, 7) is 6.12. The molecule has 4 nitrogen and oxygen atoms in total. The third-order valence-electron chi connectivity index (χ3n) is 3.92. The lowest BCUT2D eigenvalue weighted by Gasteiger charge is -2.20. The van der Waals surface area contributed by atoms with Crippen molar-refractivity contribution in [3.05, 3.63) is 23.8 Å². The van der Waals surface area contributed by atoms with Crippen LogP contribution in [0.25, 0.3) is 0 Å². The zero-order valence-corrected chi connectivity index (χ0v) is 12.7. The molecule has 1 aromatic rings. The first-order chi connectivity index (χ1) is 9.61. The van der Waals surface area contributed by atoms with E-state index in [9.17, 15) is 4.79 Å². The topological polar surface area (TPSA) is 54.9 Å². The zero-order valence-electron chi connectivity index (χ0n) is 12.7. The van der Waals surface area contributed by atoms with E-state index < -0.39 is 0 Å². The molecule has 1 aromatic heterocycles. The third-order valence-corrected chi connectivity index (χ3v) is 3.92. The van der Waals surface area contributed by atoms with Gasteiger partial charge in [-0.05, 0) is 38.2 Å². The maximum atomic E-state index is 12.3. The average molecular weight is 275 g/mol. The SMILES string of the molecule is CCCC[C@H](C)C(=O)N[C@@H](c1nccc(C)n1)C1CC1. The Hall–Kier alpha value is -1.45. The van der Waals surface area contributed by atoms with E-state index in [1.54, 1.807) is 6.20 Å². The smallest absolute Gasteiger partial charge is 0.223 e. The van der Waals surface area contributed by atoms with Crippen molar-refractivity contribution in [2.75, 3.05) is 0 Å². The van der Waals surface area contributed by atoms with E-state index in [4.69, 9.17) is 0 Å². The molecule has 1 amide bonds. The summed E-state index contributed by atoms with van der Waals surface area (Å²) in [6.07, 6.45) is 7.28. The zero-order chi connectivity index (χ0) is 14.5. The molecular formula is C16H25N3O. The molecule has 1 N–H and O–H groups in total. The number of amides is 1. The van der Waals surface area contributed by atoms with Crippen LogP contribution in [-0.2, 0) is 4.79 Å². The second-order valence-corrected chi connectivity index (χ2v) is 5.92. The van der Waals surface area contributed by atoms with Crippen LogP contribution in [0.15, 0.2) is 12.3 Å². The number of aryl methyl sites for hydroxylation is 1. The molecule has 2 atom stereocenters. The van der Waals surface area contributed by atoms with Crippen molar-refractivity contribution in [1.29, 1.82) is 0 Å². The summed E-state index contributed by atoms with van der Waals surface area (Å²) in [5, 5.41) is 3.17. The Morgan fingerprint density at radius 2 is 2.25 bits per heavy atom. The summed E-state index contributed by atoms with van der Waals surface area (Å²) < 4.78 is 0. The highest BCUT2D eigenvalue weighted by atomic mass is 16.1. The standard InChI is InChI=1S/C16H25N3O/c1-4-5-6-11(2)16(20)19-14(13-7-8-13)15-17-10-9-12(3)18-15/h9-11,13-14H,4-8H2,1-3H3,(H,19,20)/t11-,14+/m0/s1. The summed E-state index contributed by atoms with van der Waals surface area (Å²) >= 11 is 0. The number of rotatable bonds is 7. The van der Waals surface area contributed by atoms with Crippen LogP contribution < -0.4 is 5.32 Å². The highest BCUT2D eigenvalue weighted by Gasteiger charge is 2.35. The molecule has 0 bridgehead atoms. The molecule has 2 rings (SSSR count). The molecule has 0 spiro atoms. The van der Waals surface area contributed by atoms with Gasteiger partial charge in [-0.15, -0.1) is 0 Å². The van der Waals surface area contributed by atoms with Crippen LogP contribution in [0.5, 0.6) is 0 Å². The van der Waals surface area contributed by atoms with Gasteiger partial charge in [0.15, 0.2) is 5.82 Å². The second kappa shape index (κ2) is 6.82. The molecule has 0 aliphatic heterocycles. The van der Waals surface area contributed by atoms with Crippen molar-refractivity contribution in [1.82, 2.24) is 15.3 Å². The number of nitrogens with one attached hydrogen (secondary N) is 1. The number of hydrogen-bond acceptors (Lipinski definition) is 3. The summed E-state index contributed by atoms with van der Waals surface area (Å²) in [6, 6.07) is 1.88. The average Bonchev–Trinajstić information content (AvgIpc) is 3.26. The number of carbonyl (C=O) groups excluding carboxylic acids is 1. The van der Waals surface area contributed by atoms with Crippen LogP contribution in [0.2, 0.25) is 0 Å². The van der Waals surface area contributed by atoms with Gasteiger partial charge in [-0.2, -0.15) is 0 Å². The quantitative estimate of drug-likeness (QED) is 0.831. The van der Waals surface area contributed by atoms with Crippen LogP contribution in [-0.4, -0.2) is 15.9 Å². The molecule has 1 aliphatic rings. The van der Waals surface area contributed by atoms with E-state index in [0.29, 0.717) is 5.92 Å². The van der Waals surface area contributed by atoms with Crippen molar-refractivity contribution in [3.8, 4) is 0 Å². The molecule has 0 radical (unpaired) electrons. The predicted molar refractivity (Wildman–Crippen MR) is 79.1 cm³/mol. The lowest BCUT2D eigenvalue weighted by molar-refractivity contribution is -0.125. The molecule has 1 fully saturated rings. The Balaban J connectivity index is 2.01. The van der Waals surface area contributed by atoms with Gasteiger partial charge in [-0.3, -0.25) is 4.79 Å². The van der Waals surface area contributed by atoms with Gasteiger partial charge in [0.1, 0.15) is 0 Å². The monoisotopic (exact) mass is 275 g/mol. The fourth-order valence-electron chi connectivity index (χ4n) is 2.38. The van der Waals surface area contributed by atoms with Crippen molar-refractivity contribution in [2.24, 2.45) is 11.8 Å². The van der Waals surface area contributed by atoms with E-state index in [1.165, 1.54) is 0 Å². The first-order valence-corrected chi connectivity index (χ1v) is 7.71. The molecule has 110 valence electrons. The molecule has 20 heavy (non-hydrogen) atoms. The predicted octanol–water partition coefficient (Wildman–Crippen LogP) is 3.18. The minimum absolute atomic E-state index is 0.00789. The molecule has 4 heteroatoms. The molecular weight excluding hydrogens is 250 g/mol. The highest BCUT2D eigenvalue weighted by molar-refractivity contribution is 5.78. The molecule has 0 unspecified atom stereocenters.